The van der Waals surface area contributed by atoms with Gasteiger partial charge in [-0.05, 0) is 41.6 Å². The van der Waals surface area contributed by atoms with Crippen molar-refractivity contribution in [3.63, 3.8) is 0 Å². The van der Waals surface area contributed by atoms with E-state index in [2.05, 4.69) is 15.4 Å². The second kappa shape index (κ2) is 8.60. The first kappa shape index (κ1) is 21.2. The Balaban J connectivity index is 1.35. The molecule has 0 spiro atoms. The van der Waals surface area contributed by atoms with Gasteiger partial charge in [0.15, 0.2) is 0 Å². The van der Waals surface area contributed by atoms with Crippen molar-refractivity contribution in [2.24, 2.45) is 0 Å². The number of sulfonamides is 1. The fourth-order valence-electron chi connectivity index (χ4n) is 2.99. The summed E-state index contributed by atoms with van der Waals surface area (Å²) in [6.07, 6.45) is 0. The van der Waals surface area contributed by atoms with E-state index in [0.717, 1.165) is 16.9 Å². The van der Waals surface area contributed by atoms with E-state index in [1.165, 1.54) is 15.2 Å². The lowest BCUT2D eigenvalue weighted by Crippen LogP contribution is -2.51. The summed E-state index contributed by atoms with van der Waals surface area (Å²) >= 11 is 12.7. The van der Waals surface area contributed by atoms with Gasteiger partial charge in [0.1, 0.15) is 10.8 Å². The number of thiophene rings is 1. The number of hydrogen-bond acceptors (Lipinski definition) is 7. The van der Waals surface area contributed by atoms with Gasteiger partial charge in [-0.1, -0.05) is 23.2 Å². The van der Waals surface area contributed by atoms with E-state index in [4.69, 9.17) is 23.2 Å². The third kappa shape index (κ3) is 4.49. The molecule has 3 heterocycles. The molecule has 1 aliphatic rings. The molecule has 0 atom stereocenters. The minimum atomic E-state index is -3.60. The van der Waals surface area contributed by atoms with Gasteiger partial charge in [0.25, 0.3) is 10.0 Å². The van der Waals surface area contributed by atoms with Crippen molar-refractivity contribution in [2.75, 3.05) is 26.2 Å². The fraction of sp³-hybridized carbons (Fsp3) is 0.294. The lowest BCUT2D eigenvalue weighted by atomic mass is 10.2. The largest absolute Gasteiger partial charge is 0.338 e. The Hall–Kier alpha value is -2.05. The molecule has 4 rings (SSSR count). The highest BCUT2D eigenvalue weighted by Crippen LogP contribution is 2.28. The topological polar surface area (TPSA) is 101 Å². The Morgan fingerprint density at radius 2 is 1.73 bits per heavy atom. The van der Waals surface area contributed by atoms with Gasteiger partial charge < -0.3 is 4.90 Å². The van der Waals surface area contributed by atoms with Gasteiger partial charge in [-0.25, -0.2) is 8.42 Å². The average molecular weight is 487 g/mol. The second-order valence-corrected chi connectivity index (χ2v) is 10.8. The maximum Gasteiger partial charge on any atom is 0.252 e. The van der Waals surface area contributed by atoms with Crippen LogP contribution in [0.1, 0.15) is 0 Å². The van der Waals surface area contributed by atoms with Crippen molar-refractivity contribution < 1.29 is 13.2 Å². The molecule has 1 aliphatic heterocycles. The van der Waals surface area contributed by atoms with Crippen LogP contribution in [0.15, 0.2) is 40.6 Å². The maximum absolute atomic E-state index is 12.7. The number of benzene rings is 1. The highest BCUT2D eigenvalue weighted by atomic mass is 35.5. The number of rotatable bonds is 5. The molecule has 3 aromatic rings. The first-order chi connectivity index (χ1) is 14.3. The summed E-state index contributed by atoms with van der Waals surface area (Å²) in [6.45, 7) is 0.925. The Labute approximate surface area is 186 Å². The summed E-state index contributed by atoms with van der Waals surface area (Å²) < 4.78 is 27.3. The summed E-state index contributed by atoms with van der Waals surface area (Å²) in [5, 5.41) is 12.7. The molecule has 0 saturated carbocycles. The minimum absolute atomic E-state index is 0.0755. The predicted octanol–water partition coefficient (Wildman–Crippen LogP) is 2.24. The smallest absolute Gasteiger partial charge is 0.252 e. The molecule has 1 saturated heterocycles. The zero-order valence-electron chi connectivity index (χ0n) is 15.5. The second-order valence-electron chi connectivity index (χ2n) is 6.49. The highest BCUT2D eigenvalue weighted by molar-refractivity contribution is 7.91. The number of carbonyl (C=O) groups excluding carboxylic acids is 1. The number of piperazine rings is 1. The SMILES string of the molecule is O=C(Cn1nnc(-c2ccc(Cl)cc2)n1)N1CCN(S(=O)(=O)c2ccc(Cl)s2)CC1. The van der Waals surface area contributed by atoms with Crippen LogP contribution in [0.5, 0.6) is 0 Å². The van der Waals surface area contributed by atoms with Crippen LogP contribution >= 0.6 is 34.5 Å². The molecule has 0 unspecified atom stereocenters. The average Bonchev–Trinajstić information content (AvgIpc) is 3.38. The van der Waals surface area contributed by atoms with Crippen LogP contribution in [0.3, 0.4) is 0 Å². The number of aromatic nitrogens is 4. The summed E-state index contributed by atoms with van der Waals surface area (Å²) in [7, 11) is -3.60. The molecule has 0 radical (unpaired) electrons. The van der Waals surface area contributed by atoms with Crippen molar-refractivity contribution in [1.29, 1.82) is 0 Å². The molecule has 0 bridgehead atoms. The molecule has 158 valence electrons. The van der Waals surface area contributed by atoms with Crippen molar-refractivity contribution >= 4 is 50.5 Å². The zero-order valence-corrected chi connectivity index (χ0v) is 18.6. The van der Waals surface area contributed by atoms with Crippen LogP contribution in [0.25, 0.3) is 11.4 Å². The maximum atomic E-state index is 12.7. The molecular formula is C17H16Cl2N6O3S2. The fourth-order valence-corrected chi connectivity index (χ4v) is 6.17. The van der Waals surface area contributed by atoms with E-state index >= 15 is 0 Å². The third-order valence-electron chi connectivity index (χ3n) is 4.57. The zero-order chi connectivity index (χ0) is 21.3. The predicted molar refractivity (Wildman–Crippen MR) is 113 cm³/mol. The van der Waals surface area contributed by atoms with Gasteiger partial charge in [0.05, 0.1) is 4.34 Å². The van der Waals surface area contributed by atoms with Crippen LogP contribution in [-0.4, -0.2) is 69.9 Å². The molecule has 1 fully saturated rings. The molecule has 0 N–H and O–H groups in total. The molecule has 2 aromatic heterocycles. The van der Waals surface area contributed by atoms with Crippen LogP contribution < -0.4 is 0 Å². The third-order valence-corrected chi connectivity index (χ3v) is 8.42. The van der Waals surface area contributed by atoms with E-state index in [0.29, 0.717) is 15.2 Å². The van der Waals surface area contributed by atoms with Crippen LogP contribution in [0, 0.1) is 0 Å². The normalized spacial score (nSPS) is 15.5. The van der Waals surface area contributed by atoms with Crippen molar-refractivity contribution in [3.05, 3.63) is 45.8 Å². The summed E-state index contributed by atoms with van der Waals surface area (Å²) in [6, 6.07) is 10.0. The number of carbonyl (C=O) groups is 1. The Morgan fingerprint density at radius 1 is 1.03 bits per heavy atom. The number of hydrogen-bond donors (Lipinski definition) is 0. The standard InChI is InChI=1S/C17H16Cl2N6O3S2/c18-13-3-1-12(2-4-13)17-20-22-25(21-17)11-15(26)23-7-9-24(10-8-23)30(27,28)16-6-5-14(19)29-16/h1-6H,7-11H2. The molecule has 0 aliphatic carbocycles. The lowest BCUT2D eigenvalue weighted by molar-refractivity contribution is -0.133. The van der Waals surface area contributed by atoms with Gasteiger partial charge >= 0.3 is 0 Å². The summed E-state index contributed by atoms with van der Waals surface area (Å²) in [5.74, 6) is 0.191. The van der Waals surface area contributed by atoms with E-state index in [1.54, 1.807) is 35.2 Å². The first-order valence-electron chi connectivity index (χ1n) is 8.90. The van der Waals surface area contributed by atoms with Crippen LogP contribution in [0.2, 0.25) is 9.36 Å². The number of tetrazole rings is 1. The quantitative estimate of drug-likeness (QED) is 0.547. The molecule has 1 aromatic carbocycles. The number of nitrogens with zero attached hydrogens (tertiary/aromatic N) is 6. The van der Waals surface area contributed by atoms with E-state index < -0.39 is 10.0 Å². The van der Waals surface area contributed by atoms with Crippen molar-refractivity contribution in [3.8, 4) is 11.4 Å². The van der Waals surface area contributed by atoms with Crippen LogP contribution in [-0.2, 0) is 21.4 Å². The van der Waals surface area contributed by atoms with Crippen molar-refractivity contribution in [1.82, 2.24) is 29.4 Å². The molecule has 1 amide bonds. The van der Waals surface area contributed by atoms with Gasteiger partial charge in [-0.15, -0.1) is 21.5 Å². The van der Waals surface area contributed by atoms with Gasteiger partial charge in [0.2, 0.25) is 11.7 Å². The summed E-state index contributed by atoms with van der Waals surface area (Å²) in [4.78, 5) is 15.4. The first-order valence-corrected chi connectivity index (χ1v) is 11.9. The minimum Gasteiger partial charge on any atom is -0.338 e. The van der Waals surface area contributed by atoms with Crippen LogP contribution in [0.4, 0.5) is 0 Å². The summed E-state index contributed by atoms with van der Waals surface area (Å²) in [5.41, 5.74) is 0.741. The van der Waals surface area contributed by atoms with E-state index in [-0.39, 0.29) is 42.8 Å². The Kier molecular flexibility index (Phi) is 6.07. The monoisotopic (exact) mass is 486 g/mol. The van der Waals surface area contributed by atoms with Gasteiger partial charge in [0, 0.05) is 36.8 Å². The van der Waals surface area contributed by atoms with Gasteiger partial charge in [-0.3, -0.25) is 4.79 Å². The Morgan fingerprint density at radius 3 is 2.37 bits per heavy atom. The number of amides is 1. The Bertz CT molecular complexity index is 1150. The molecule has 9 nitrogen and oxygen atoms in total. The van der Waals surface area contributed by atoms with E-state index in [9.17, 15) is 13.2 Å². The van der Waals surface area contributed by atoms with Crippen molar-refractivity contribution in [2.45, 2.75) is 10.8 Å². The number of halogens is 2. The lowest BCUT2D eigenvalue weighted by Gasteiger charge is -2.33. The van der Waals surface area contributed by atoms with Gasteiger partial charge in [-0.2, -0.15) is 9.10 Å². The molecule has 30 heavy (non-hydrogen) atoms. The van der Waals surface area contributed by atoms with E-state index in [1.807, 2.05) is 0 Å². The highest BCUT2D eigenvalue weighted by Gasteiger charge is 2.31. The molecular weight excluding hydrogens is 471 g/mol. The molecule has 13 heteroatoms.